The minimum atomic E-state index is -0.492. The maximum absolute atomic E-state index is 13.1. The predicted molar refractivity (Wildman–Crippen MR) is 87.7 cm³/mol. The first kappa shape index (κ1) is 15.5. The van der Waals surface area contributed by atoms with Crippen LogP contribution in [0.4, 0.5) is 10.2 Å². The van der Waals surface area contributed by atoms with Gasteiger partial charge in [0.25, 0.3) is 0 Å². The molecular formula is C18H20FN3O. The number of nitrogens with zero attached hydrogens (tertiary/aromatic N) is 2. The van der Waals surface area contributed by atoms with Crippen LogP contribution in [0.1, 0.15) is 24.0 Å². The van der Waals surface area contributed by atoms with Crippen LogP contribution in [0.3, 0.4) is 0 Å². The lowest BCUT2D eigenvalue weighted by molar-refractivity contribution is -0.123. The molecule has 3 rings (SSSR count). The molecular weight excluding hydrogens is 293 g/mol. The third-order valence-electron chi connectivity index (χ3n) is 4.31. The van der Waals surface area contributed by atoms with Gasteiger partial charge in [-0.3, -0.25) is 4.79 Å². The number of hydrogen-bond donors (Lipinski definition) is 1. The van der Waals surface area contributed by atoms with Gasteiger partial charge in [-0.1, -0.05) is 18.2 Å². The number of pyridine rings is 1. The number of nitrogens with one attached hydrogen (secondary N) is 1. The maximum atomic E-state index is 13.1. The largest absolute Gasteiger partial charge is 0.362 e. The molecule has 0 unspecified atom stereocenters. The van der Waals surface area contributed by atoms with Crippen LogP contribution < -0.4 is 10.2 Å². The average Bonchev–Trinajstić information content (AvgIpc) is 3.35. The van der Waals surface area contributed by atoms with Crippen LogP contribution in [0.15, 0.2) is 42.6 Å². The maximum Gasteiger partial charge on any atom is 0.230 e. The second-order valence-corrected chi connectivity index (χ2v) is 6.15. The van der Waals surface area contributed by atoms with Crippen molar-refractivity contribution in [2.45, 2.75) is 24.8 Å². The lowest BCUT2D eigenvalue weighted by atomic mass is 9.95. The summed E-state index contributed by atoms with van der Waals surface area (Å²) < 4.78 is 13.1. The molecule has 0 bridgehead atoms. The summed E-state index contributed by atoms with van der Waals surface area (Å²) in [6.45, 7) is 0.434. The first-order valence-corrected chi connectivity index (χ1v) is 7.68. The number of halogens is 1. The van der Waals surface area contributed by atoms with E-state index >= 15 is 0 Å². The van der Waals surface area contributed by atoms with Gasteiger partial charge < -0.3 is 10.2 Å². The molecule has 5 heteroatoms. The third kappa shape index (κ3) is 3.04. The van der Waals surface area contributed by atoms with Gasteiger partial charge >= 0.3 is 0 Å². The van der Waals surface area contributed by atoms with E-state index in [1.807, 2.05) is 31.1 Å². The normalized spacial score (nSPS) is 15.1. The fourth-order valence-electron chi connectivity index (χ4n) is 2.86. The predicted octanol–water partition coefficient (Wildman–Crippen LogP) is 2.63. The monoisotopic (exact) mass is 313 g/mol. The standard InChI is InChI=1S/C18H20FN3O/c1-22(2)16-13(4-3-11-20-16)12-21-17(23)18(9-10-18)14-5-7-15(19)8-6-14/h3-8,11H,9-10,12H2,1-2H3,(H,21,23). The molecule has 1 fully saturated rings. The molecule has 120 valence electrons. The number of anilines is 1. The molecule has 4 nitrogen and oxygen atoms in total. The lowest BCUT2D eigenvalue weighted by Gasteiger charge is -2.19. The molecule has 1 aromatic carbocycles. The zero-order chi connectivity index (χ0) is 16.4. The minimum Gasteiger partial charge on any atom is -0.362 e. The van der Waals surface area contributed by atoms with Crippen molar-refractivity contribution in [2.75, 3.05) is 19.0 Å². The van der Waals surface area contributed by atoms with Crippen LogP contribution in [0.2, 0.25) is 0 Å². The SMILES string of the molecule is CN(C)c1ncccc1CNC(=O)C1(c2ccc(F)cc2)CC1. The van der Waals surface area contributed by atoms with E-state index in [4.69, 9.17) is 0 Å². The van der Waals surface area contributed by atoms with Gasteiger partial charge in [-0.25, -0.2) is 9.37 Å². The zero-order valence-corrected chi connectivity index (χ0v) is 13.3. The van der Waals surface area contributed by atoms with Gasteiger partial charge in [-0.15, -0.1) is 0 Å². The summed E-state index contributed by atoms with van der Waals surface area (Å²) in [5.41, 5.74) is 1.37. The molecule has 0 aliphatic heterocycles. The summed E-state index contributed by atoms with van der Waals surface area (Å²) in [5, 5.41) is 3.01. The Bertz CT molecular complexity index is 708. The second kappa shape index (κ2) is 5.99. The highest BCUT2D eigenvalue weighted by atomic mass is 19.1. The van der Waals surface area contributed by atoms with Gasteiger partial charge in [0.05, 0.1) is 5.41 Å². The van der Waals surface area contributed by atoms with Gasteiger partial charge in [0, 0.05) is 32.4 Å². The van der Waals surface area contributed by atoms with Crippen molar-refractivity contribution in [2.24, 2.45) is 0 Å². The minimum absolute atomic E-state index is 0.00216. The number of amides is 1. The summed E-state index contributed by atoms with van der Waals surface area (Å²) in [6, 6.07) is 10.1. The van der Waals surface area contributed by atoms with E-state index in [9.17, 15) is 9.18 Å². The van der Waals surface area contributed by atoms with Crippen molar-refractivity contribution in [3.63, 3.8) is 0 Å². The van der Waals surface area contributed by atoms with Crippen LogP contribution in [0, 0.1) is 5.82 Å². The zero-order valence-electron chi connectivity index (χ0n) is 13.3. The smallest absolute Gasteiger partial charge is 0.230 e. The Morgan fingerprint density at radius 3 is 2.57 bits per heavy atom. The number of hydrogen-bond acceptors (Lipinski definition) is 3. The Kier molecular flexibility index (Phi) is 4.03. The Morgan fingerprint density at radius 2 is 1.96 bits per heavy atom. The molecule has 0 spiro atoms. The summed E-state index contributed by atoms with van der Waals surface area (Å²) in [6.07, 6.45) is 3.34. The quantitative estimate of drug-likeness (QED) is 0.923. The number of rotatable bonds is 5. The van der Waals surface area contributed by atoms with E-state index in [0.29, 0.717) is 6.54 Å². The van der Waals surface area contributed by atoms with Crippen molar-refractivity contribution in [1.29, 1.82) is 0 Å². The molecule has 0 saturated heterocycles. The van der Waals surface area contributed by atoms with Crippen LogP contribution in [0.25, 0.3) is 0 Å². The fourth-order valence-corrected chi connectivity index (χ4v) is 2.86. The van der Waals surface area contributed by atoms with Crippen LogP contribution in [-0.2, 0) is 16.8 Å². The first-order valence-electron chi connectivity index (χ1n) is 7.68. The van der Waals surface area contributed by atoms with E-state index < -0.39 is 5.41 Å². The molecule has 1 aliphatic rings. The van der Waals surface area contributed by atoms with E-state index in [2.05, 4.69) is 10.3 Å². The summed E-state index contributed by atoms with van der Waals surface area (Å²) in [5.74, 6) is 0.563. The van der Waals surface area contributed by atoms with Gasteiger partial charge in [0.1, 0.15) is 11.6 Å². The Morgan fingerprint density at radius 1 is 1.26 bits per heavy atom. The van der Waals surface area contributed by atoms with E-state index in [1.54, 1.807) is 18.3 Å². The van der Waals surface area contributed by atoms with Gasteiger partial charge in [0.15, 0.2) is 0 Å². The topological polar surface area (TPSA) is 45.2 Å². The van der Waals surface area contributed by atoms with Crippen molar-refractivity contribution in [3.05, 3.63) is 59.5 Å². The number of carbonyl (C=O) groups is 1. The molecule has 1 aliphatic carbocycles. The summed E-state index contributed by atoms with van der Waals surface area (Å²) in [4.78, 5) is 18.9. The molecule has 1 aromatic heterocycles. The molecule has 23 heavy (non-hydrogen) atoms. The highest BCUT2D eigenvalue weighted by molar-refractivity contribution is 5.91. The Balaban J connectivity index is 1.72. The van der Waals surface area contributed by atoms with Crippen LogP contribution in [0.5, 0.6) is 0 Å². The summed E-state index contributed by atoms with van der Waals surface area (Å²) >= 11 is 0. The van der Waals surface area contributed by atoms with Crippen molar-refractivity contribution < 1.29 is 9.18 Å². The third-order valence-corrected chi connectivity index (χ3v) is 4.31. The number of aromatic nitrogens is 1. The average molecular weight is 313 g/mol. The molecule has 1 saturated carbocycles. The van der Waals surface area contributed by atoms with Gasteiger partial charge in [0.2, 0.25) is 5.91 Å². The second-order valence-electron chi connectivity index (χ2n) is 6.15. The fraction of sp³-hybridized carbons (Fsp3) is 0.333. The Hall–Kier alpha value is -2.43. The molecule has 1 heterocycles. The molecule has 0 radical (unpaired) electrons. The lowest BCUT2D eigenvalue weighted by Crippen LogP contribution is -2.34. The highest BCUT2D eigenvalue weighted by Crippen LogP contribution is 2.48. The van der Waals surface area contributed by atoms with E-state index in [-0.39, 0.29) is 11.7 Å². The van der Waals surface area contributed by atoms with Crippen molar-refractivity contribution in [1.82, 2.24) is 10.3 Å². The molecule has 1 N–H and O–H groups in total. The van der Waals surface area contributed by atoms with Gasteiger partial charge in [-0.05, 0) is 36.6 Å². The highest BCUT2D eigenvalue weighted by Gasteiger charge is 2.51. The van der Waals surface area contributed by atoms with E-state index in [0.717, 1.165) is 29.8 Å². The Labute approximate surface area is 135 Å². The van der Waals surface area contributed by atoms with Gasteiger partial charge in [-0.2, -0.15) is 0 Å². The van der Waals surface area contributed by atoms with Crippen LogP contribution >= 0.6 is 0 Å². The first-order chi connectivity index (χ1) is 11.0. The molecule has 0 atom stereocenters. The van der Waals surface area contributed by atoms with Crippen molar-refractivity contribution >= 4 is 11.7 Å². The molecule has 2 aromatic rings. The van der Waals surface area contributed by atoms with E-state index in [1.165, 1.54) is 12.1 Å². The van der Waals surface area contributed by atoms with Crippen LogP contribution in [-0.4, -0.2) is 25.0 Å². The number of benzene rings is 1. The summed E-state index contributed by atoms with van der Waals surface area (Å²) in [7, 11) is 3.85. The number of carbonyl (C=O) groups excluding carboxylic acids is 1. The molecule has 1 amide bonds. The van der Waals surface area contributed by atoms with Crippen molar-refractivity contribution in [3.8, 4) is 0 Å².